The number of carbonyl (C=O) groups is 1. The van der Waals surface area contributed by atoms with Crippen molar-refractivity contribution in [3.05, 3.63) is 40.4 Å². The van der Waals surface area contributed by atoms with Crippen molar-refractivity contribution in [2.75, 3.05) is 26.2 Å². The van der Waals surface area contributed by atoms with Crippen molar-refractivity contribution in [3.8, 4) is 10.6 Å². The van der Waals surface area contributed by atoms with Crippen molar-refractivity contribution in [2.24, 2.45) is 0 Å². The van der Waals surface area contributed by atoms with Gasteiger partial charge in [0, 0.05) is 13.1 Å². The van der Waals surface area contributed by atoms with E-state index >= 15 is 0 Å². The zero-order valence-corrected chi connectivity index (χ0v) is 14.3. The molecule has 1 aromatic heterocycles. The Morgan fingerprint density at radius 3 is 2.62 bits per heavy atom. The van der Waals surface area contributed by atoms with Crippen LogP contribution in [0.5, 0.6) is 0 Å². The second-order valence-corrected chi connectivity index (χ2v) is 6.83. The number of nitrogens with one attached hydrogen (secondary N) is 1. The van der Waals surface area contributed by atoms with Crippen LogP contribution in [0.1, 0.15) is 28.2 Å². The van der Waals surface area contributed by atoms with Gasteiger partial charge in [-0.3, -0.25) is 4.79 Å². The van der Waals surface area contributed by atoms with E-state index in [1.165, 1.54) is 31.0 Å². The maximum absolute atomic E-state index is 13.9. The van der Waals surface area contributed by atoms with Gasteiger partial charge in [-0.15, -0.1) is 11.3 Å². The molecule has 1 aliphatic heterocycles. The lowest BCUT2D eigenvalue weighted by atomic mass is 10.2. The van der Waals surface area contributed by atoms with Gasteiger partial charge in [0.25, 0.3) is 5.91 Å². The van der Waals surface area contributed by atoms with Gasteiger partial charge in [-0.1, -0.05) is 6.07 Å². The molecule has 1 amide bonds. The Hall–Kier alpha value is -1.86. The van der Waals surface area contributed by atoms with Gasteiger partial charge in [-0.2, -0.15) is 0 Å². The summed E-state index contributed by atoms with van der Waals surface area (Å²) in [6.07, 6.45) is 2.42. The van der Waals surface area contributed by atoms with E-state index in [4.69, 9.17) is 0 Å². The van der Waals surface area contributed by atoms with Crippen LogP contribution >= 0.6 is 11.3 Å². The number of benzene rings is 1. The monoisotopic (exact) mass is 351 g/mol. The summed E-state index contributed by atoms with van der Waals surface area (Å²) in [6.45, 7) is 5.20. The fraction of sp³-hybridized carbons (Fsp3) is 0.412. The molecule has 128 valence electrons. The fourth-order valence-electron chi connectivity index (χ4n) is 2.83. The topological polar surface area (TPSA) is 45.2 Å². The molecule has 1 N–H and O–H groups in total. The number of rotatable bonds is 5. The summed E-state index contributed by atoms with van der Waals surface area (Å²) in [5, 5.41) is 3.05. The average Bonchev–Trinajstić information content (AvgIpc) is 3.17. The summed E-state index contributed by atoms with van der Waals surface area (Å²) in [7, 11) is 0. The Labute approximate surface area is 143 Å². The van der Waals surface area contributed by atoms with Crippen LogP contribution in [-0.4, -0.2) is 42.0 Å². The summed E-state index contributed by atoms with van der Waals surface area (Å²) < 4.78 is 27.7. The third kappa shape index (κ3) is 3.62. The van der Waals surface area contributed by atoms with Crippen LogP contribution in [0.15, 0.2) is 18.2 Å². The highest BCUT2D eigenvalue weighted by Gasteiger charge is 2.20. The number of halogens is 2. The minimum absolute atomic E-state index is 0.179. The normalized spacial score (nSPS) is 15.0. The minimum atomic E-state index is -0.676. The minimum Gasteiger partial charge on any atom is -0.350 e. The van der Waals surface area contributed by atoms with Crippen LogP contribution < -0.4 is 5.32 Å². The molecule has 3 rings (SSSR count). The fourth-order valence-corrected chi connectivity index (χ4v) is 3.86. The van der Waals surface area contributed by atoms with Crippen LogP contribution in [-0.2, 0) is 0 Å². The maximum Gasteiger partial charge on any atom is 0.263 e. The first kappa shape index (κ1) is 17.0. The summed E-state index contributed by atoms with van der Waals surface area (Å²) >= 11 is 1.01. The van der Waals surface area contributed by atoms with Crippen LogP contribution in [0.2, 0.25) is 0 Å². The standard InChI is InChI=1S/C17H19F2N3OS/c1-11-15(16(23)20-7-10-22-8-2-3-9-22)24-17(21-11)14-12(18)5-4-6-13(14)19/h4-6H,2-3,7-10H2,1H3,(H,20,23). The first-order chi connectivity index (χ1) is 11.6. The van der Waals surface area contributed by atoms with E-state index in [1.54, 1.807) is 6.92 Å². The van der Waals surface area contributed by atoms with E-state index in [-0.39, 0.29) is 16.5 Å². The Bertz CT molecular complexity index is 721. The molecule has 0 saturated carbocycles. The molecule has 0 radical (unpaired) electrons. The largest absolute Gasteiger partial charge is 0.350 e. The van der Waals surface area contributed by atoms with Crippen molar-refractivity contribution in [1.82, 2.24) is 15.2 Å². The number of nitrogens with zero attached hydrogens (tertiary/aromatic N) is 2. The van der Waals surface area contributed by atoms with Crippen molar-refractivity contribution in [3.63, 3.8) is 0 Å². The first-order valence-electron chi connectivity index (χ1n) is 7.98. The predicted octanol–water partition coefficient (Wildman–Crippen LogP) is 3.22. The van der Waals surface area contributed by atoms with Crippen molar-refractivity contribution in [1.29, 1.82) is 0 Å². The third-order valence-corrected chi connectivity index (χ3v) is 5.27. The number of hydrogen-bond donors (Lipinski definition) is 1. The number of amides is 1. The zero-order valence-electron chi connectivity index (χ0n) is 13.4. The molecular weight excluding hydrogens is 332 g/mol. The van der Waals surface area contributed by atoms with E-state index < -0.39 is 11.6 Å². The van der Waals surface area contributed by atoms with Gasteiger partial charge in [-0.25, -0.2) is 13.8 Å². The lowest BCUT2D eigenvalue weighted by Crippen LogP contribution is -2.33. The van der Waals surface area contributed by atoms with Crippen LogP contribution in [0.25, 0.3) is 10.6 Å². The lowest BCUT2D eigenvalue weighted by Gasteiger charge is -2.14. The van der Waals surface area contributed by atoms with Gasteiger partial charge in [-0.05, 0) is 45.0 Å². The first-order valence-corrected chi connectivity index (χ1v) is 8.80. The van der Waals surface area contributed by atoms with Crippen LogP contribution in [0.4, 0.5) is 8.78 Å². The highest BCUT2D eigenvalue weighted by atomic mass is 32.1. The van der Waals surface area contributed by atoms with Gasteiger partial charge in [0.2, 0.25) is 0 Å². The number of thiazole rings is 1. The van der Waals surface area contributed by atoms with Gasteiger partial charge < -0.3 is 10.2 Å². The number of carbonyl (C=O) groups excluding carboxylic acids is 1. The summed E-state index contributed by atoms with van der Waals surface area (Å²) in [5.74, 6) is -1.60. The van der Waals surface area contributed by atoms with Crippen LogP contribution in [0.3, 0.4) is 0 Å². The van der Waals surface area contributed by atoms with Crippen molar-refractivity contribution >= 4 is 17.2 Å². The number of likely N-dealkylation sites (tertiary alicyclic amines) is 1. The van der Waals surface area contributed by atoms with E-state index in [0.717, 1.165) is 31.0 Å². The Morgan fingerprint density at radius 2 is 1.96 bits per heavy atom. The van der Waals surface area contributed by atoms with Crippen molar-refractivity contribution < 1.29 is 13.6 Å². The predicted molar refractivity (Wildman–Crippen MR) is 90.2 cm³/mol. The molecule has 0 unspecified atom stereocenters. The molecule has 0 bridgehead atoms. The van der Waals surface area contributed by atoms with Gasteiger partial charge in [0.1, 0.15) is 21.5 Å². The summed E-state index contributed by atoms with van der Waals surface area (Å²) in [5.41, 5.74) is 0.304. The SMILES string of the molecule is Cc1nc(-c2c(F)cccc2F)sc1C(=O)NCCN1CCCC1. The molecule has 1 aromatic carbocycles. The Balaban J connectivity index is 1.70. The smallest absolute Gasteiger partial charge is 0.263 e. The maximum atomic E-state index is 13.9. The number of aromatic nitrogens is 1. The second kappa shape index (κ2) is 7.36. The summed E-state index contributed by atoms with van der Waals surface area (Å²) in [6, 6.07) is 3.68. The van der Waals surface area contributed by atoms with Gasteiger partial charge >= 0.3 is 0 Å². The molecule has 2 heterocycles. The molecular formula is C17H19F2N3OS. The number of hydrogen-bond acceptors (Lipinski definition) is 4. The van der Waals surface area contributed by atoms with E-state index in [2.05, 4.69) is 15.2 Å². The zero-order chi connectivity index (χ0) is 17.1. The lowest BCUT2D eigenvalue weighted by molar-refractivity contribution is 0.0953. The van der Waals surface area contributed by atoms with Crippen molar-refractivity contribution in [2.45, 2.75) is 19.8 Å². The molecule has 4 nitrogen and oxygen atoms in total. The molecule has 0 aliphatic carbocycles. The Morgan fingerprint density at radius 1 is 1.29 bits per heavy atom. The molecule has 0 atom stereocenters. The van der Waals surface area contributed by atoms with Gasteiger partial charge in [0.05, 0.1) is 11.3 Å². The molecule has 2 aromatic rings. The quantitative estimate of drug-likeness (QED) is 0.900. The Kier molecular flexibility index (Phi) is 5.20. The third-order valence-electron chi connectivity index (χ3n) is 4.09. The molecule has 1 aliphatic rings. The molecule has 24 heavy (non-hydrogen) atoms. The van der Waals surface area contributed by atoms with E-state index in [0.29, 0.717) is 17.1 Å². The molecule has 1 saturated heterocycles. The molecule has 0 spiro atoms. The van der Waals surface area contributed by atoms with E-state index in [9.17, 15) is 13.6 Å². The summed E-state index contributed by atoms with van der Waals surface area (Å²) in [4.78, 5) is 19.2. The van der Waals surface area contributed by atoms with E-state index in [1.807, 2.05) is 0 Å². The second-order valence-electron chi connectivity index (χ2n) is 5.83. The number of aryl methyl sites for hydroxylation is 1. The molecule has 1 fully saturated rings. The average molecular weight is 351 g/mol. The van der Waals surface area contributed by atoms with Crippen LogP contribution in [0, 0.1) is 18.6 Å². The molecule has 7 heteroatoms. The van der Waals surface area contributed by atoms with Gasteiger partial charge in [0.15, 0.2) is 0 Å². The highest BCUT2D eigenvalue weighted by Crippen LogP contribution is 2.31. The highest BCUT2D eigenvalue weighted by molar-refractivity contribution is 7.17.